The fraction of sp³-hybridized carbons (Fsp3) is 0.522. The molecule has 8 nitrogen and oxygen atoms in total. The summed E-state index contributed by atoms with van der Waals surface area (Å²) in [5, 5.41) is 13.5. The third-order valence-corrected chi connectivity index (χ3v) is 7.78. The van der Waals surface area contributed by atoms with Crippen LogP contribution in [0.15, 0.2) is 29.2 Å². The van der Waals surface area contributed by atoms with Crippen molar-refractivity contribution in [2.45, 2.75) is 52.0 Å². The predicted octanol–water partition coefficient (Wildman–Crippen LogP) is 2.49. The van der Waals surface area contributed by atoms with Crippen LogP contribution in [-0.4, -0.2) is 59.5 Å². The van der Waals surface area contributed by atoms with E-state index in [0.717, 1.165) is 23.5 Å². The lowest BCUT2D eigenvalue weighted by Gasteiger charge is -2.34. The number of amides is 1. The Hall–Kier alpha value is -2.70. The van der Waals surface area contributed by atoms with Crippen LogP contribution < -0.4 is 0 Å². The number of hydrogen-bond acceptors (Lipinski definition) is 5. The van der Waals surface area contributed by atoms with E-state index in [1.165, 1.54) is 28.6 Å². The molecular weight excluding hydrogens is 426 g/mol. The molecule has 1 aliphatic heterocycles. The van der Waals surface area contributed by atoms with Crippen LogP contribution in [0.1, 0.15) is 42.8 Å². The number of hydrogen-bond donors (Lipinski definition) is 0. The highest BCUT2D eigenvalue weighted by Gasteiger charge is 2.30. The maximum atomic E-state index is 12.9. The van der Waals surface area contributed by atoms with Gasteiger partial charge in [-0.2, -0.15) is 14.7 Å². The van der Waals surface area contributed by atoms with Crippen molar-refractivity contribution in [3.05, 3.63) is 46.8 Å². The topological polar surface area (TPSA) is 99.3 Å². The molecule has 2 aromatic rings. The lowest BCUT2D eigenvalue weighted by Crippen LogP contribution is -2.50. The predicted molar refractivity (Wildman–Crippen MR) is 121 cm³/mol. The van der Waals surface area contributed by atoms with E-state index in [9.17, 15) is 13.2 Å². The number of nitrogens with zero attached hydrogens (tertiary/aromatic N) is 5. The van der Waals surface area contributed by atoms with Gasteiger partial charge in [-0.3, -0.25) is 9.48 Å². The average molecular weight is 458 g/mol. The monoisotopic (exact) mass is 457 g/mol. The molecule has 172 valence electrons. The molecule has 0 N–H and O–H groups in total. The second-order valence-corrected chi connectivity index (χ2v) is 10.6. The average Bonchev–Trinajstić information content (AvgIpc) is 3.03. The maximum Gasteiger partial charge on any atom is 0.243 e. The second kappa shape index (κ2) is 9.84. The highest BCUT2D eigenvalue weighted by atomic mass is 32.2. The third-order valence-electron chi connectivity index (χ3n) is 5.87. The summed E-state index contributed by atoms with van der Waals surface area (Å²) in [7, 11) is -3.64. The summed E-state index contributed by atoms with van der Waals surface area (Å²) >= 11 is 0. The van der Waals surface area contributed by atoms with Gasteiger partial charge in [0.1, 0.15) is 0 Å². The van der Waals surface area contributed by atoms with Crippen LogP contribution >= 0.6 is 0 Å². The van der Waals surface area contributed by atoms with Crippen LogP contribution in [0.25, 0.3) is 0 Å². The first-order valence-electron chi connectivity index (χ1n) is 10.9. The highest BCUT2D eigenvalue weighted by molar-refractivity contribution is 7.89. The lowest BCUT2D eigenvalue weighted by molar-refractivity contribution is -0.132. The lowest BCUT2D eigenvalue weighted by atomic mass is 10.1. The summed E-state index contributed by atoms with van der Waals surface area (Å²) in [5.74, 6) is 0.537. The molecular formula is C23H31N5O3S. The Bertz CT molecular complexity index is 1110. The van der Waals surface area contributed by atoms with Gasteiger partial charge in [-0.1, -0.05) is 13.8 Å². The number of piperazine rings is 1. The summed E-state index contributed by atoms with van der Waals surface area (Å²) in [6.45, 7) is 10.5. The van der Waals surface area contributed by atoms with E-state index in [4.69, 9.17) is 5.26 Å². The van der Waals surface area contributed by atoms with Crippen LogP contribution in [0.4, 0.5) is 0 Å². The molecule has 1 aromatic heterocycles. The zero-order chi connectivity index (χ0) is 23.5. The zero-order valence-electron chi connectivity index (χ0n) is 19.2. The Morgan fingerprint density at radius 3 is 2.31 bits per heavy atom. The maximum absolute atomic E-state index is 12.9. The molecule has 0 saturated carbocycles. The van der Waals surface area contributed by atoms with Gasteiger partial charge < -0.3 is 4.90 Å². The van der Waals surface area contributed by atoms with E-state index in [0.29, 0.717) is 37.4 Å². The van der Waals surface area contributed by atoms with Gasteiger partial charge >= 0.3 is 0 Å². The van der Waals surface area contributed by atoms with Crippen molar-refractivity contribution in [1.29, 1.82) is 5.26 Å². The number of carbonyl (C=O) groups excluding carboxylic acids is 1. The van der Waals surface area contributed by atoms with Gasteiger partial charge in [0.2, 0.25) is 15.9 Å². The molecule has 1 fully saturated rings. The molecule has 0 spiro atoms. The molecule has 3 rings (SSSR count). The summed E-state index contributed by atoms with van der Waals surface area (Å²) in [6, 6.07) is 7.89. The molecule has 1 aliphatic rings. The third kappa shape index (κ3) is 5.19. The van der Waals surface area contributed by atoms with E-state index < -0.39 is 10.0 Å². The Labute approximate surface area is 190 Å². The van der Waals surface area contributed by atoms with Gasteiger partial charge in [-0.05, 0) is 56.0 Å². The number of nitriles is 1. The molecule has 0 radical (unpaired) electrons. The van der Waals surface area contributed by atoms with E-state index in [1.54, 1.807) is 4.90 Å². The summed E-state index contributed by atoms with van der Waals surface area (Å²) < 4.78 is 29.1. The molecule has 0 atom stereocenters. The van der Waals surface area contributed by atoms with Gasteiger partial charge in [0.05, 0.1) is 22.2 Å². The van der Waals surface area contributed by atoms with Crippen LogP contribution in [0.2, 0.25) is 0 Å². The van der Waals surface area contributed by atoms with Crippen molar-refractivity contribution < 1.29 is 13.2 Å². The number of aryl methyl sites for hydroxylation is 1. The number of carbonyl (C=O) groups is 1. The SMILES string of the molecule is Cc1nn(CC(C)C)c(C)c1CCC(=O)N1CCN(S(=O)(=O)c2ccc(C#N)cc2)CC1. The molecule has 1 amide bonds. The quantitative estimate of drug-likeness (QED) is 0.636. The normalized spacial score (nSPS) is 15.2. The zero-order valence-corrected chi connectivity index (χ0v) is 20.0. The number of benzene rings is 1. The molecule has 1 saturated heterocycles. The number of aromatic nitrogens is 2. The fourth-order valence-electron chi connectivity index (χ4n) is 4.04. The molecule has 1 aromatic carbocycles. The Kier molecular flexibility index (Phi) is 7.36. The van der Waals surface area contributed by atoms with E-state index in [2.05, 4.69) is 25.9 Å². The first kappa shape index (κ1) is 24.0. The Morgan fingerprint density at radius 1 is 1.12 bits per heavy atom. The van der Waals surface area contributed by atoms with E-state index in [-0.39, 0.29) is 23.9 Å². The highest BCUT2D eigenvalue weighted by Crippen LogP contribution is 2.20. The first-order valence-corrected chi connectivity index (χ1v) is 12.4. The Morgan fingerprint density at radius 2 is 1.75 bits per heavy atom. The van der Waals surface area contributed by atoms with Gasteiger partial charge in [0.15, 0.2) is 0 Å². The second-order valence-electron chi connectivity index (χ2n) is 8.65. The molecule has 9 heteroatoms. The minimum absolute atomic E-state index is 0.0378. The van der Waals surface area contributed by atoms with Gasteiger partial charge in [-0.15, -0.1) is 0 Å². The van der Waals surface area contributed by atoms with Gasteiger partial charge in [0.25, 0.3) is 0 Å². The van der Waals surface area contributed by atoms with E-state index in [1.807, 2.05) is 17.7 Å². The molecule has 32 heavy (non-hydrogen) atoms. The van der Waals surface area contributed by atoms with Gasteiger partial charge in [0, 0.05) is 44.8 Å². The van der Waals surface area contributed by atoms with Crippen LogP contribution in [0, 0.1) is 31.1 Å². The van der Waals surface area contributed by atoms with Crippen molar-refractivity contribution in [2.75, 3.05) is 26.2 Å². The number of sulfonamides is 1. The van der Waals surface area contributed by atoms with Gasteiger partial charge in [-0.25, -0.2) is 8.42 Å². The minimum atomic E-state index is -3.64. The minimum Gasteiger partial charge on any atom is -0.340 e. The molecule has 0 bridgehead atoms. The fourth-order valence-corrected chi connectivity index (χ4v) is 5.46. The standard InChI is InChI=1S/C23H31N5O3S/c1-17(2)16-28-19(4)22(18(3)25-28)9-10-23(29)26-11-13-27(14-12-26)32(30,31)21-7-5-20(15-24)6-8-21/h5-8,17H,9-14,16H2,1-4H3. The summed E-state index contributed by atoms with van der Waals surface area (Å²) in [4.78, 5) is 14.7. The first-order chi connectivity index (χ1) is 15.1. The van der Waals surface area contributed by atoms with E-state index >= 15 is 0 Å². The van der Waals surface area contributed by atoms with Crippen molar-refractivity contribution >= 4 is 15.9 Å². The molecule has 0 unspecified atom stereocenters. The summed E-state index contributed by atoms with van der Waals surface area (Å²) in [6.07, 6.45) is 1.02. The van der Waals surface area contributed by atoms with Crippen LogP contribution in [-0.2, 0) is 27.8 Å². The Balaban J connectivity index is 1.57. The summed E-state index contributed by atoms with van der Waals surface area (Å²) in [5.41, 5.74) is 3.62. The number of rotatable bonds is 7. The smallest absolute Gasteiger partial charge is 0.243 e. The largest absolute Gasteiger partial charge is 0.340 e. The van der Waals surface area contributed by atoms with Crippen molar-refractivity contribution in [3.63, 3.8) is 0 Å². The van der Waals surface area contributed by atoms with Crippen molar-refractivity contribution in [2.24, 2.45) is 5.92 Å². The van der Waals surface area contributed by atoms with Crippen LogP contribution in [0.5, 0.6) is 0 Å². The molecule has 2 heterocycles. The van der Waals surface area contributed by atoms with Crippen molar-refractivity contribution in [3.8, 4) is 6.07 Å². The van der Waals surface area contributed by atoms with Crippen LogP contribution in [0.3, 0.4) is 0 Å². The molecule has 0 aliphatic carbocycles. The van der Waals surface area contributed by atoms with Crippen molar-refractivity contribution in [1.82, 2.24) is 19.0 Å².